The van der Waals surface area contributed by atoms with Crippen LogP contribution in [0.25, 0.3) is 0 Å². The molecule has 0 radical (unpaired) electrons. The van der Waals surface area contributed by atoms with E-state index in [1.54, 1.807) is 0 Å². The zero-order chi connectivity index (χ0) is 16.9. The molecule has 0 spiro atoms. The van der Waals surface area contributed by atoms with Crippen LogP contribution in [-0.2, 0) is 17.6 Å². The zero-order valence-electron chi connectivity index (χ0n) is 13.0. The lowest BCUT2D eigenvalue weighted by atomic mass is 9.95. The summed E-state index contributed by atoms with van der Waals surface area (Å²) in [6.45, 7) is 0. The fraction of sp³-hybridized carbons (Fsp3) is 0.278. The monoisotopic (exact) mass is 401 g/mol. The number of aromatic nitrogens is 1. The third-order valence-corrected chi connectivity index (χ3v) is 5.56. The Hall–Kier alpha value is -1.84. The molecular weight excluding hydrogens is 386 g/mol. The Bertz CT molecular complexity index is 816. The molecule has 1 amide bonds. The van der Waals surface area contributed by atoms with E-state index in [1.807, 2.05) is 30.3 Å². The maximum atomic E-state index is 12.2. The van der Waals surface area contributed by atoms with Crippen LogP contribution in [0.3, 0.4) is 0 Å². The van der Waals surface area contributed by atoms with Crippen molar-refractivity contribution in [1.29, 1.82) is 5.26 Å². The smallest absolute Gasteiger partial charge is 0.234 e. The molecule has 4 nitrogen and oxygen atoms in total. The number of nitriles is 1. The molecule has 3 rings (SSSR count). The molecule has 2 aromatic rings. The number of hydrogen-bond acceptors (Lipinski definition) is 4. The summed E-state index contributed by atoms with van der Waals surface area (Å²) < 4.78 is 0.841. The average molecular weight is 402 g/mol. The number of nitrogens with one attached hydrogen (secondary N) is 1. The molecule has 0 atom stereocenters. The molecule has 0 unspecified atom stereocenters. The summed E-state index contributed by atoms with van der Waals surface area (Å²) in [4.78, 5) is 16.8. The van der Waals surface area contributed by atoms with Crippen molar-refractivity contribution >= 4 is 39.3 Å². The highest BCUT2D eigenvalue weighted by molar-refractivity contribution is 9.10. The van der Waals surface area contributed by atoms with Gasteiger partial charge in [0.05, 0.1) is 17.0 Å². The van der Waals surface area contributed by atoms with E-state index >= 15 is 0 Å². The minimum atomic E-state index is -0.115. The van der Waals surface area contributed by atoms with E-state index in [2.05, 4.69) is 32.3 Å². The van der Waals surface area contributed by atoms with Crippen molar-refractivity contribution in [3.05, 3.63) is 51.6 Å². The van der Waals surface area contributed by atoms with E-state index < -0.39 is 0 Å². The Kier molecular flexibility index (Phi) is 5.54. The molecular formula is C18H16BrN3OS. The number of carbonyl (C=O) groups is 1. The van der Waals surface area contributed by atoms with Crippen LogP contribution in [0.5, 0.6) is 0 Å². The number of fused-ring (bicyclic) bond motifs is 1. The summed E-state index contributed by atoms with van der Waals surface area (Å²) in [5.41, 5.74) is 3.56. The van der Waals surface area contributed by atoms with Crippen LogP contribution in [0.2, 0.25) is 0 Å². The Morgan fingerprint density at radius 2 is 2.12 bits per heavy atom. The first kappa shape index (κ1) is 17.0. The highest BCUT2D eigenvalue weighted by Crippen LogP contribution is 2.28. The summed E-state index contributed by atoms with van der Waals surface area (Å²) in [7, 11) is 0. The van der Waals surface area contributed by atoms with Gasteiger partial charge in [0.1, 0.15) is 11.1 Å². The fourth-order valence-electron chi connectivity index (χ4n) is 2.69. The van der Waals surface area contributed by atoms with Crippen LogP contribution in [0, 0.1) is 11.3 Å². The number of pyridine rings is 1. The van der Waals surface area contributed by atoms with Crippen LogP contribution in [-0.4, -0.2) is 16.6 Å². The highest BCUT2D eigenvalue weighted by Gasteiger charge is 2.16. The van der Waals surface area contributed by atoms with Gasteiger partial charge >= 0.3 is 0 Å². The molecule has 24 heavy (non-hydrogen) atoms. The van der Waals surface area contributed by atoms with Crippen LogP contribution in [0.4, 0.5) is 5.69 Å². The van der Waals surface area contributed by atoms with E-state index in [-0.39, 0.29) is 11.7 Å². The van der Waals surface area contributed by atoms with Crippen LogP contribution in [0.1, 0.15) is 29.7 Å². The minimum absolute atomic E-state index is 0.115. The summed E-state index contributed by atoms with van der Waals surface area (Å²) in [6.07, 6.45) is 4.24. The largest absolute Gasteiger partial charge is 0.324 e. The van der Waals surface area contributed by atoms with Crippen LogP contribution >= 0.6 is 27.7 Å². The molecule has 1 heterocycles. The Morgan fingerprint density at radius 3 is 2.92 bits per heavy atom. The Morgan fingerprint density at radius 1 is 1.33 bits per heavy atom. The summed E-state index contributed by atoms with van der Waals surface area (Å²) in [6, 6.07) is 11.6. The van der Waals surface area contributed by atoms with Gasteiger partial charge < -0.3 is 5.32 Å². The molecule has 1 aliphatic carbocycles. The lowest BCUT2D eigenvalue weighted by molar-refractivity contribution is -0.113. The normalized spacial score (nSPS) is 13.0. The molecule has 1 N–H and O–H groups in total. The second kappa shape index (κ2) is 7.82. The minimum Gasteiger partial charge on any atom is -0.324 e. The molecule has 1 aliphatic rings. The molecule has 0 saturated carbocycles. The van der Waals surface area contributed by atoms with Gasteiger partial charge in [-0.25, -0.2) is 4.98 Å². The summed E-state index contributed by atoms with van der Waals surface area (Å²) >= 11 is 4.72. The van der Waals surface area contributed by atoms with Gasteiger partial charge in [-0.15, -0.1) is 0 Å². The Balaban J connectivity index is 1.69. The van der Waals surface area contributed by atoms with Gasteiger partial charge in [-0.2, -0.15) is 5.26 Å². The molecule has 0 fully saturated rings. The molecule has 0 bridgehead atoms. The first-order valence-electron chi connectivity index (χ1n) is 7.77. The number of benzene rings is 1. The van der Waals surface area contributed by atoms with Gasteiger partial charge in [0.15, 0.2) is 0 Å². The Labute approximate surface area is 153 Å². The van der Waals surface area contributed by atoms with Gasteiger partial charge in [-0.3, -0.25) is 4.79 Å². The molecule has 1 aromatic carbocycles. The van der Waals surface area contributed by atoms with Crippen molar-refractivity contribution in [1.82, 2.24) is 4.98 Å². The van der Waals surface area contributed by atoms with Crippen molar-refractivity contribution < 1.29 is 4.79 Å². The number of para-hydroxylation sites is 1. The number of hydrogen-bond donors (Lipinski definition) is 1. The van der Waals surface area contributed by atoms with Crippen molar-refractivity contribution in [2.75, 3.05) is 11.1 Å². The number of amides is 1. The van der Waals surface area contributed by atoms with Gasteiger partial charge in [0.25, 0.3) is 0 Å². The second-order valence-corrected chi connectivity index (χ2v) is 7.40. The van der Waals surface area contributed by atoms with Gasteiger partial charge in [-0.05, 0) is 65.4 Å². The van der Waals surface area contributed by atoms with E-state index in [0.717, 1.165) is 41.5 Å². The number of aryl methyl sites for hydroxylation is 2. The predicted molar refractivity (Wildman–Crippen MR) is 99.1 cm³/mol. The third-order valence-electron chi connectivity index (χ3n) is 3.87. The van der Waals surface area contributed by atoms with E-state index in [1.165, 1.54) is 17.3 Å². The predicted octanol–water partition coefficient (Wildman–Crippen LogP) is 4.33. The quantitative estimate of drug-likeness (QED) is 0.774. The SMILES string of the molecule is N#Cc1cc2c(nc1SCC(=O)Nc1ccccc1Br)CCCC2. The average Bonchev–Trinajstić information content (AvgIpc) is 2.61. The molecule has 122 valence electrons. The molecule has 6 heteroatoms. The van der Waals surface area contributed by atoms with Crippen molar-refractivity contribution in [2.45, 2.75) is 30.7 Å². The zero-order valence-corrected chi connectivity index (χ0v) is 15.4. The first-order chi connectivity index (χ1) is 11.7. The van der Waals surface area contributed by atoms with Crippen LogP contribution < -0.4 is 5.32 Å². The standard InChI is InChI=1S/C18H16BrN3OS/c19-14-6-2-4-8-16(14)21-17(23)11-24-18-13(10-20)9-12-5-1-3-7-15(12)22-18/h2,4,6,8-9H,1,3,5,7,11H2,(H,21,23). The fourth-order valence-corrected chi connectivity index (χ4v) is 3.85. The van der Waals surface area contributed by atoms with E-state index in [9.17, 15) is 10.1 Å². The van der Waals surface area contributed by atoms with E-state index in [0.29, 0.717) is 10.6 Å². The van der Waals surface area contributed by atoms with Crippen molar-refractivity contribution in [3.8, 4) is 6.07 Å². The van der Waals surface area contributed by atoms with Gasteiger partial charge in [0, 0.05) is 10.2 Å². The molecule has 0 saturated heterocycles. The summed E-state index contributed by atoms with van der Waals surface area (Å²) in [5, 5.41) is 12.9. The van der Waals surface area contributed by atoms with Gasteiger partial charge in [-0.1, -0.05) is 23.9 Å². The van der Waals surface area contributed by atoms with Crippen molar-refractivity contribution in [2.24, 2.45) is 0 Å². The maximum Gasteiger partial charge on any atom is 0.234 e. The van der Waals surface area contributed by atoms with Gasteiger partial charge in [0.2, 0.25) is 5.91 Å². The number of anilines is 1. The number of rotatable bonds is 4. The number of nitrogens with zero attached hydrogens (tertiary/aromatic N) is 2. The van der Waals surface area contributed by atoms with Crippen molar-refractivity contribution in [3.63, 3.8) is 0 Å². The number of halogens is 1. The maximum absolute atomic E-state index is 12.2. The molecule has 0 aliphatic heterocycles. The third kappa shape index (κ3) is 3.97. The number of carbonyl (C=O) groups excluding carboxylic acids is 1. The van der Waals surface area contributed by atoms with E-state index in [4.69, 9.17) is 0 Å². The topological polar surface area (TPSA) is 65.8 Å². The lowest BCUT2D eigenvalue weighted by Gasteiger charge is -2.16. The highest BCUT2D eigenvalue weighted by atomic mass is 79.9. The first-order valence-corrected chi connectivity index (χ1v) is 9.55. The summed E-state index contributed by atoms with van der Waals surface area (Å²) in [5.74, 6) is 0.109. The number of thioether (sulfide) groups is 1. The molecule has 1 aromatic heterocycles. The lowest BCUT2D eigenvalue weighted by Crippen LogP contribution is -2.15. The second-order valence-electron chi connectivity index (χ2n) is 5.58. The van der Waals surface area contributed by atoms with Crippen LogP contribution in [0.15, 0.2) is 39.8 Å².